The quantitative estimate of drug-likeness (QED) is 0.796. The van der Waals surface area contributed by atoms with Gasteiger partial charge < -0.3 is 15.0 Å². The SMILES string of the molecule is CC(C)COC(=O)Nc1cccc(NCC(=O)N2CCc3ccccc3C2)c1. The molecule has 0 fully saturated rings. The number of benzene rings is 2. The zero-order valence-corrected chi connectivity index (χ0v) is 16.4. The smallest absolute Gasteiger partial charge is 0.411 e. The first-order valence-electron chi connectivity index (χ1n) is 9.63. The molecule has 2 N–H and O–H groups in total. The first-order chi connectivity index (χ1) is 13.5. The summed E-state index contributed by atoms with van der Waals surface area (Å²) in [6.45, 7) is 5.94. The van der Waals surface area contributed by atoms with Crippen LogP contribution in [0, 0.1) is 5.92 Å². The molecule has 28 heavy (non-hydrogen) atoms. The van der Waals surface area contributed by atoms with Crippen molar-refractivity contribution >= 4 is 23.4 Å². The number of fused-ring (bicyclic) bond motifs is 1. The van der Waals surface area contributed by atoms with Crippen molar-refractivity contribution in [3.05, 3.63) is 59.7 Å². The number of rotatable bonds is 6. The summed E-state index contributed by atoms with van der Waals surface area (Å²) < 4.78 is 5.12. The van der Waals surface area contributed by atoms with Crippen LogP contribution < -0.4 is 10.6 Å². The van der Waals surface area contributed by atoms with Gasteiger partial charge in [0.2, 0.25) is 5.91 Å². The highest BCUT2D eigenvalue weighted by molar-refractivity contribution is 5.86. The molecule has 0 aliphatic carbocycles. The second-order valence-corrected chi connectivity index (χ2v) is 7.39. The molecule has 0 bridgehead atoms. The lowest BCUT2D eigenvalue weighted by molar-refractivity contribution is -0.130. The molecule has 0 aromatic heterocycles. The fraction of sp³-hybridized carbons (Fsp3) is 0.364. The van der Waals surface area contributed by atoms with E-state index in [-0.39, 0.29) is 18.4 Å². The minimum atomic E-state index is -0.478. The van der Waals surface area contributed by atoms with E-state index in [2.05, 4.69) is 22.8 Å². The third-order valence-corrected chi connectivity index (χ3v) is 4.58. The van der Waals surface area contributed by atoms with Gasteiger partial charge in [0, 0.05) is 24.5 Å². The summed E-state index contributed by atoms with van der Waals surface area (Å²) >= 11 is 0. The van der Waals surface area contributed by atoms with E-state index in [9.17, 15) is 9.59 Å². The van der Waals surface area contributed by atoms with Crippen LogP contribution in [0.2, 0.25) is 0 Å². The Morgan fingerprint density at radius 2 is 1.82 bits per heavy atom. The highest BCUT2D eigenvalue weighted by Gasteiger charge is 2.19. The molecular formula is C22H27N3O3. The Labute approximate surface area is 165 Å². The Bertz CT molecular complexity index is 835. The number of hydrogen-bond donors (Lipinski definition) is 2. The molecule has 0 unspecified atom stereocenters. The fourth-order valence-corrected chi connectivity index (χ4v) is 3.10. The second-order valence-electron chi connectivity index (χ2n) is 7.39. The number of hydrogen-bond acceptors (Lipinski definition) is 4. The zero-order valence-electron chi connectivity index (χ0n) is 16.4. The third kappa shape index (κ3) is 5.49. The molecule has 1 aliphatic heterocycles. The Morgan fingerprint density at radius 3 is 2.61 bits per heavy atom. The number of ether oxygens (including phenoxy) is 1. The van der Waals surface area contributed by atoms with Crippen LogP contribution >= 0.6 is 0 Å². The van der Waals surface area contributed by atoms with E-state index in [0.717, 1.165) is 18.7 Å². The van der Waals surface area contributed by atoms with Gasteiger partial charge in [-0.2, -0.15) is 0 Å². The van der Waals surface area contributed by atoms with Gasteiger partial charge in [0.25, 0.3) is 0 Å². The summed E-state index contributed by atoms with van der Waals surface area (Å²) in [5.41, 5.74) is 3.93. The lowest BCUT2D eigenvalue weighted by Gasteiger charge is -2.29. The topological polar surface area (TPSA) is 70.7 Å². The van der Waals surface area contributed by atoms with Gasteiger partial charge in [-0.25, -0.2) is 4.79 Å². The minimum absolute atomic E-state index is 0.0595. The second kappa shape index (κ2) is 9.26. The lowest BCUT2D eigenvalue weighted by Crippen LogP contribution is -2.39. The van der Waals surface area contributed by atoms with Crippen molar-refractivity contribution in [3.63, 3.8) is 0 Å². The van der Waals surface area contributed by atoms with Crippen molar-refractivity contribution in [2.45, 2.75) is 26.8 Å². The molecule has 0 saturated heterocycles. The Morgan fingerprint density at radius 1 is 1.07 bits per heavy atom. The Kier molecular flexibility index (Phi) is 6.53. The summed E-state index contributed by atoms with van der Waals surface area (Å²) in [4.78, 5) is 26.2. The van der Waals surface area contributed by atoms with E-state index in [1.807, 2.05) is 43.0 Å². The van der Waals surface area contributed by atoms with Crippen LogP contribution in [0.3, 0.4) is 0 Å². The van der Waals surface area contributed by atoms with E-state index in [0.29, 0.717) is 18.8 Å². The summed E-state index contributed by atoms with van der Waals surface area (Å²) in [6, 6.07) is 15.5. The predicted octanol–water partition coefficient (Wildman–Crippen LogP) is 3.89. The molecular weight excluding hydrogens is 354 g/mol. The van der Waals surface area contributed by atoms with Crippen molar-refractivity contribution in [1.82, 2.24) is 4.90 Å². The van der Waals surface area contributed by atoms with Crippen LogP contribution in [0.1, 0.15) is 25.0 Å². The van der Waals surface area contributed by atoms with E-state index in [1.165, 1.54) is 11.1 Å². The number of anilines is 2. The van der Waals surface area contributed by atoms with E-state index in [4.69, 9.17) is 4.74 Å². The Balaban J connectivity index is 1.51. The summed E-state index contributed by atoms with van der Waals surface area (Å²) in [5.74, 6) is 0.343. The normalized spacial score (nSPS) is 13.0. The molecule has 1 heterocycles. The van der Waals surface area contributed by atoms with Gasteiger partial charge in [-0.15, -0.1) is 0 Å². The fourth-order valence-electron chi connectivity index (χ4n) is 3.10. The molecule has 1 aliphatic rings. The van der Waals surface area contributed by atoms with Gasteiger partial charge in [-0.3, -0.25) is 10.1 Å². The summed E-state index contributed by atoms with van der Waals surface area (Å²) in [5, 5.41) is 5.85. The maximum atomic E-state index is 12.6. The van der Waals surface area contributed by atoms with Crippen LogP contribution in [0.25, 0.3) is 0 Å². The number of nitrogens with one attached hydrogen (secondary N) is 2. The lowest BCUT2D eigenvalue weighted by atomic mass is 10.00. The largest absolute Gasteiger partial charge is 0.449 e. The number of carbonyl (C=O) groups is 2. The molecule has 3 rings (SSSR count). The first-order valence-corrected chi connectivity index (χ1v) is 9.63. The van der Waals surface area contributed by atoms with E-state index < -0.39 is 6.09 Å². The van der Waals surface area contributed by atoms with Crippen molar-refractivity contribution < 1.29 is 14.3 Å². The predicted molar refractivity (Wildman–Crippen MR) is 110 cm³/mol. The monoisotopic (exact) mass is 381 g/mol. The molecule has 2 amide bonds. The molecule has 0 atom stereocenters. The molecule has 148 valence electrons. The van der Waals surface area contributed by atoms with Gasteiger partial charge in [0.1, 0.15) is 0 Å². The van der Waals surface area contributed by atoms with Crippen LogP contribution in [0.4, 0.5) is 16.2 Å². The maximum absolute atomic E-state index is 12.6. The van der Waals surface area contributed by atoms with Crippen molar-refractivity contribution in [1.29, 1.82) is 0 Å². The molecule has 2 aromatic rings. The van der Waals surface area contributed by atoms with Gasteiger partial charge in [0.05, 0.1) is 13.2 Å². The van der Waals surface area contributed by atoms with Gasteiger partial charge >= 0.3 is 6.09 Å². The van der Waals surface area contributed by atoms with Gasteiger partial charge in [-0.05, 0) is 41.7 Å². The van der Waals surface area contributed by atoms with E-state index >= 15 is 0 Å². The third-order valence-electron chi connectivity index (χ3n) is 4.58. The van der Waals surface area contributed by atoms with Crippen molar-refractivity contribution in [3.8, 4) is 0 Å². The average molecular weight is 381 g/mol. The highest BCUT2D eigenvalue weighted by atomic mass is 16.5. The van der Waals surface area contributed by atoms with Crippen LogP contribution in [-0.4, -0.2) is 36.6 Å². The van der Waals surface area contributed by atoms with Crippen molar-refractivity contribution in [2.24, 2.45) is 5.92 Å². The van der Waals surface area contributed by atoms with Crippen LogP contribution in [0.15, 0.2) is 48.5 Å². The number of carbonyl (C=O) groups excluding carboxylic acids is 2. The van der Waals surface area contributed by atoms with Crippen molar-refractivity contribution in [2.75, 3.05) is 30.3 Å². The first kappa shape index (κ1) is 19.7. The zero-order chi connectivity index (χ0) is 19.9. The van der Waals surface area contributed by atoms with Gasteiger partial charge in [0.15, 0.2) is 0 Å². The number of amides is 2. The number of nitrogens with zero attached hydrogens (tertiary/aromatic N) is 1. The van der Waals surface area contributed by atoms with Gasteiger partial charge in [-0.1, -0.05) is 44.2 Å². The van der Waals surface area contributed by atoms with E-state index in [1.54, 1.807) is 12.1 Å². The molecule has 0 spiro atoms. The summed E-state index contributed by atoms with van der Waals surface area (Å²) in [7, 11) is 0. The Hall–Kier alpha value is -3.02. The molecule has 0 saturated carbocycles. The van der Waals surface area contributed by atoms with Crippen LogP contribution in [-0.2, 0) is 22.5 Å². The highest BCUT2D eigenvalue weighted by Crippen LogP contribution is 2.19. The molecule has 6 heteroatoms. The van der Waals surface area contributed by atoms with Crippen LogP contribution in [0.5, 0.6) is 0 Å². The minimum Gasteiger partial charge on any atom is -0.449 e. The maximum Gasteiger partial charge on any atom is 0.411 e. The molecule has 2 aromatic carbocycles. The average Bonchev–Trinajstić information content (AvgIpc) is 2.70. The molecule has 6 nitrogen and oxygen atoms in total. The molecule has 0 radical (unpaired) electrons. The standard InChI is InChI=1S/C22H27N3O3/c1-16(2)15-28-22(27)24-20-9-5-8-19(12-20)23-13-21(26)25-11-10-17-6-3-4-7-18(17)14-25/h3-9,12,16,23H,10-11,13-15H2,1-2H3,(H,24,27). The summed E-state index contributed by atoms with van der Waals surface area (Å²) in [6.07, 6.45) is 0.411.